The van der Waals surface area contributed by atoms with Gasteiger partial charge >= 0.3 is 0 Å². The van der Waals surface area contributed by atoms with Crippen LogP contribution in [0.2, 0.25) is 0 Å². The van der Waals surface area contributed by atoms with E-state index in [2.05, 4.69) is 0 Å². The summed E-state index contributed by atoms with van der Waals surface area (Å²) in [5, 5.41) is 0. The van der Waals surface area contributed by atoms with Crippen molar-refractivity contribution in [3.63, 3.8) is 0 Å². The molecular weight excluding hydrogens is 298 g/mol. The Morgan fingerprint density at radius 2 is 1.64 bits per heavy atom. The van der Waals surface area contributed by atoms with Crippen LogP contribution in [0.1, 0.15) is 17.0 Å². The number of carbonyl (C=O) groups is 1. The number of rotatable bonds is 3. The van der Waals surface area contributed by atoms with Crippen LogP contribution in [0.5, 0.6) is 0 Å². The van der Waals surface area contributed by atoms with E-state index in [1.165, 1.54) is 4.31 Å². The number of sulfonamides is 1. The first-order valence-corrected chi connectivity index (χ1v) is 8.57. The highest BCUT2D eigenvalue weighted by Gasteiger charge is 2.38. The minimum Gasteiger partial charge on any atom is -0.297 e. The van der Waals surface area contributed by atoms with Gasteiger partial charge in [-0.15, -0.1) is 0 Å². The molecule has 0 bridgehead atoms. The van der Waals surface area contributed by atoms with E-state index >= 15 is 0 Å². The summed E-state index contributed by atoms with van der Waals surface area (Å²) >= 11 is 0. The van der Waals surface area contributed by atoms with Crippen LogP contribution in [0.25, 0.3) is 0 Å². The van der Waals surface area contributed by atoms with Gasteiger partial charge in [0, 0.05) is 6.54 Å². The zero-order valence-electron chi connectivity index (χ0n) is 12.3. The molecule has 1 atom stereocenters. The van der Waals surface area contributed by atoms with E-state index in [0.29, 0.717) is 0 Å². The maximum atomic E-state index is 12.6. The first-order chi connectivity index (χ1) is 10.5. The molecule has 3 rings (SSSR count). The van der Waals surface area contributed by atoms with Crippen molar-refractivity contribution in [3.8, 4) is 0 Å². The summed E-state index contributed by atoms with van der Waals surface area (Å²) in [6.07, 6.45) is 0. The summed E-state index contributed by atoms with van der Waals surface area (Å²) in [6, 6.07) is 16.0. The van der Waals surface area contributed by atoms with Gasteiger partial charge in [-0.25, -0.2) is 8.42 Å². The molecule has 1 aliphatic rings. The topological polar surface area (TPSA) is 54.5 Å². The number of nitrogens with zero attached hydrogens (tertiary/aromatic N) is 1. The molecule has 0 aliphatic carbocycles. The number of aryl methyl sites for hydroxylation is 1. The van der Waals surface area contributed by atoms with Crippen LogP contribution in [0.15, 0.2) is 59.5 Å². The SMILES string of the molecule is Cc1ccc(S(=O)(=O)N2CC(=O)C(c3ccccc3)C2)cc1. The number of Topliss-reactive ketones (excluding diaryl/α,β-unsaturated/α-hetero) is 1. The molecule has 2 aromatic rings. The zero-order valence-corrected chi connectivity index (χ0v) is 13.1. The summed E-state index contributed by atoms with van der Waals surface area (Å²) in [4.78, 5) is 12.4. The number of ketones is 1. The lowest BCUT2D eigenvalue weighted by molar-refractivity contribution is -0.117. The summed E-state index contributed by atoms with van der Waals surface area (Å²) in [6.45, 7) is 2.05. The molecule has 1 fully saturated rings. The lowest BCUT2D eigenvalue weighted by Gasteiger charge is -2.16. The van der Waals surface area contributed by atoms with Crippen LogP contribution in [-0.4, -0.2) is 31.6 Å². The zero-order chi connectivity index (χ0) is 15.7. The second-order valence-electron chi connectivity index (χ2n) is 5.54. The third kappa shape index (κ3) is 2.69. The molecule has 4 nitrogen and oxygen atoms in total. The van der Waals surface area contributed by atoms with E-state index < -0.39 is 10.0 Å². The van der Waals surface area contributed by atoms with Gasteiger partial charge in [-0.3, -0.25) is 4.79 Å². The molecule has 114 valence electrons. The number of benzene rings is 2. The Morgan fingerprint density at radius 1 is 1.00 bits per heavy atom. The van der Waals surface area contributed by atoms with Crippen molar-refractivity contribution < 1.29 is 13.2 Å². The number of hydrogen-bond donors (Lipinski definition) is 0. The Morgan fingerprint density at radius 3 is 2.27 bits per heavy atom. The van der Waals surface area contributed by atoms with Gasteiger partial charge in [-0.2, -0.15) is 4.31 Å². The molecule has 22 heavy (non-hydrogen) atoms. The van der Waals surface area contributed by atoms with E-state index in [9.17, 15) is 13.2 Å². The maximum Gasteiger partial charge on any atom is 0.243 e. The average Bonchev–Trinajstić information content (AvgIpc) is 2.91. The standard InChI is InChI=1S/C17H17NO3S/c1-13-7-9-15(10-8-13)22(20,21)18-11-16(17(19)12-18)14-5-3-2-4-6-14/h2-10,16H,11-12H2,1H3. The molecule has 1 saturated heterocycles. The average molecular weight is 315 g/mol. The minimum absolute atomic E-state index is 0.0538. The molecule has 0 saturated carbocycles. The molecule has 0 aromatic heterocycles. The van der Waals surface area contributed by atoms with Crippen LogP contribution < -0.4 is 0 Å². The highest BCUT2D eigenvalue weighted by atomic mass is 32.2. The smallest absolute Gasteiger partial charge is 0.243 e. The lowest BCUT2D eigenvalue weighted by atomic mass is 9.98. The summed E-state index contributed by atoms with van der Waals surface area (Å²) in [7, 11) is -3.62. The van der Waals surface area contributed by atoms with Crippen LogP contribution in [0, 0.1) is 6.92 Å². The monoisotopic (exact) mass is 315 g/mol. The quantitative estimate of drug-likeness (QED) is 0.873. The molecule has 1 heterocycles. The molecular formula is C17H17NO3S. The maximum absolute atomic E-state index is 12.6. The largest absolute Gasteiger partial charge is 0.297 e. The molecule has 5 heteroatoms. The Kier molecular flexibility index (Phi) is 3.85. The van der Waals surface area contributed by atoms with Gasteiger partial charge in [-0.05, 0) is 24.6 Å². The second kappa shape index (κ2) is 5.66. The van der Waals surface area contributed by atoms with E-state index in [0.717, 1.165) is 11.1 Å². The lowest BCUT2D eigenvalue weighted by Crippen LogP contribution is -2.29. The van der Waals surface area contributed by atoms with E-state index in [4.69, 9.17) is 0 Å². The fourth-order valence-electron chi connectivity index (χ4n) is 2.67. The Hall–Kier alpha value is -1.98. The molecule has 0 spiro atoms. The van der Waals surface area contributed by atoms with Crippen molar-refractivity contribution >= 4 is 15.8 Å². The predicted octanol–water partition coefficient (Wildman–Crippen LogP) is 2.35. The molecule has 1 aliphatic heterocycles. The van der Waals surface area contributed by atoms with Crippen LogP contribution in [0.3, 0.4) is 0 Å². The van der Waals surface area contributed by atoms with Gasteiger partial charge in [0.1, 0.15) is 0 Å². The van der Waals surface area contributed by atoms with E-state index in [1.54, 1.807) is 24.3 Å². The van der Waals surface area contributed by atoms with Crippen LogP contribution in [0.4, 0.5) is 0 Å². The Labute approximate surface area is 130 Å². The van der Waals surface area contributed by atoms with Gasteiger partial charge < -0.3 is 0 Å². The first-order valence-electron chi connectivity index (χ1n) is 7.13. The number of carbonyl (C=O) groups excluding carboxylic acids is 1. The predicted molar refractivity (Wildman–Crippen MR) is 84.1 cm³/mol. The Bertz CT molecular complexity index is 782. The molecule has 0 amide bonds. The van der Waals surface area contributed by atoms with Gasteiger partial charge in [0.05, 0.1) is 17.4 Å². The summed E-state index contributed by atoms with van der Waals surface area (Å²) in [5.41, 5.74) is 1.87. The third-order valence-corrected chi connectivity index (χ3v) is 5.79. The van der Waals surface area contributed by atoms with Crippen LogP contribution >= 0.6 is 0 Å². The minimum atomic E-state index is -3.62. The second-order valence-corrected chi connectivity index (χ2v) is 7.48. The normalized spacial score (nSPS) is 19.5. The van der Waals surface area contributed by atoms with Gasteiger partial charge in [0.25, 0.3) is 0 Å². The highest BCUT2D eigenvalue weighted by Crippen LogP contribution is 2.28. The van der Waals surface area contributed by atoms with E-state index in [1.807, 2.05) is 37.3 Å². The van der Waals surface area contributed by atoms with Gasteiger partial charge in [0.2, 0.25) is 10.0 Å². The molecule has 1 unspecified atom stereocenters. The van der Waals surface area contributed by atoms with Crippen molar-refractivity contribution in [2.75, 3.05) is 13.1 Å². The Balaban J connectivity index is 1.88. The molecule has 0 N–H and O–H groups in total. The fourth-order valence-corrected chi connectivity index (χ4v) is 4.09. The third-order valence-electron chi connectivity index (χ3n) is 3.97. The van der Waals surface area contributed by atoms with Crippen molar-refractivity contribution in [2.45, 2.75) is 17.7 Å². The number of hydrogen-bond acceptors (Lipinski definition) is 3. The van der Waals surface area contributed by atoms with Gasteiger partial charge in [-0.1, -0.05) is 48.0 Å². The van der Waals surface area contributed by atoms with Crippen molar-refractivity contribution in [1.82, 2.24) is 4.31 Å². The summed E-state index contributed by atoms with van der Waals surface area (Å²) in [5.74, 6) is -0.427. The first kappa shape index (κ1) is 14.9. The highest BCUT2D eigenvalue weighted by molar-refractivity contribution is 7.89. The molecule has 0 radical (unpaired) electrons. The van der Waals surface area contributed by atoms with Gasteiger partial charge in [0.15, 0.2) is 5.78 Å². The van der Waals surface area contributed by atoms with Crippen molar-refractivity contribution in [1.29, 1.82) is 0 Å². The fraction of sp³-hybridized carbons (Fsp3) is 0.235. The van der Waals surface area contributed by atoms with Crippen molar-refractivity contribution in [2.24, 2.45) is 0 Å². The van der Waals surface area contributed by atoms with Crippen molar-refractivity contribution in [3.05, 3.63) is 65.7 Å². The molecule has 2 aromatic carbocycles. The van der Waals surface area contributed by atoms with Crippen LogP contribution in [-0.2, 0) is 14.8 Å². The summed E-state index contributed by atoms with van der Waals surface area (Å²) < 4.78 is 26.6. The van der Waals surface area contributed by atoms with E-state index in [-0.39, 0.29) is 29.7 Å².